The van der Waals surface area contributed by atoms with Crippen molar-refractivity contribution in [3.8, 4) is 0 Å². The van der Waals surface area contributed by atoms with Crippen LogP contribution in [0.25, 0.3) is 0 Å². The summed E-state index contributed by atoms with van der Waals surface area (Å²) in [4.78, 5) is 14.0. The molecule has 0 aliphatic carbocycles. The van der Waals surface area contributed by atoms with E-state index in [1.807, 2.05) is 4.90 Å². The molecule has 2 saturated heterocycles. The van der Waals surface area contributed by atoms with E-state index in [4.69, 9.17) is 4.74 Å². The van der Waals surface area contributed by atoms with Gasteiger partial charge in [0.15, 0.2) is 0 Å². The van der Waals surface area contributed by atoms with Crippen LogP contribution in [-0.2, 0) is 16.0 Å². The van der Waals surface area contributed by atoms with Crippen molar-refractivity contribution in [1.29, 1.82) is 0 Å². The lowest BCUT2D eigenvalue weighted by Crippen LogP contribution is -2.43. The van der Waals surface area contributed by atoms with Crippen molar-refractivity contribution in [3.63, 3.8) is 0 Å². The second kappa shape index (κ2) is 7.20. The quantitative estimate of drug-likeness (QED) is 0.901. The number of carbonyl (C=O) groups is 1. The van der Waals surface area contributed by atoms with E-state index < -0.39 is 0 Å². The average molecular weight is 306 g/mol. The SMILES string of the molecule is O=C1CC(NC2CCOCC2)CN1CCc1ccc(F)cc1. The van der Waals surface area contributed by atoms with Gasteiger partial charge < -0.3 is 15.0 Å². The van der Waals surface area contributed by atoms with Crippen LogP contribution < -0.4 is 5.32 Å². The molecule has 5 heteroatoms. The van der Waals surface area contributed by atoms with Crippen LogP contribution in [0.2, 0.25) is 0 Å². The molecule has 0 aromatic heterocycles. The molecule has 0 radical (unpaired) electrons. The average Bonchev–Trinajstić information content (AvgIpc) is 2.87. The fraction of sp³-hybridized carbons (Fsp3) is 0.588. The Labute approximate surface area is 130 Å². The Morgan fingerprint density at radius 1 is 1.18 bits per heavy atom. The Hall–Kier alpha value is -1.46. The third-order valence-corrected chi connectivity index (χ3v) is 4.49. The molecule has 0 saturated carbocycles. The minimum atomic E-state index is -0.221. The summed E-state index contributed by atoms with van der Waals surface area (Å²) in [5, 5.41) is 3.59. The molecule has 0 bridgehead atoms. The molecule has 3 rings (SSSR count). The van der Waals surface area contributed by atoms with Gasteiger partial charge in [-0.2, -0.15) is 0 Å². The van der Waals surface area contributed by atoms with Gasteiger partial charge in [-0.3, -0.25) is 4.79 Å². The Balaban J connectivity index is 1.46. The van der Waals surface area contributed by atoms with E-state index in [1.54, 1.807) is 12.1 Å². The number of likely N-dealkylation sites (tertiary alicyclic amines) is 1. The molecule has 4 nitrogen and oxygen atoms in total. The van der Waals surface area contributed by atoms with Crippen LogP contribution in [-0.4, -0.2) is 49.2 Å². The first-order valence-corrected chi connectivity index (χ1v) is 8.07. The lowest BCUT2D eigenvalue weighted by atomic mass is 10.1. The number of hydrogen-bond acceptors (Lipinski definition) is 3. The Kier molecular flexibility index (Phi) is 5.05. The molecule has 2 aliphatic rings. The minimum absolute atomic E-state index is 0.215. The third-order valence-electron chi connectivity index (χ3n) is 4.49. The summed E-state index contributed by atoms with van der Waals surface area (Å²) in [6, 6.07) is 7.24. The van der Waals surface area contributed by atoms with Crippen molar-refractivity contribution >= 4 is 5.91 Å². The fourth-order valence-electron chi connectivity index (χ4n) is 3.21. The zero-order valence-electron chi connectivity index (χ0n) is 12.8. The highest BCUT2D eigenvalue weighted by atomic mass is 19.1. The minimum Gasteiger partial charge on any atom is -0.381 e. The molecular formula is C17H23FN2O2. The van der Waals surface area contributed by atoms with Gasteiger partial charge in [0.25, 0.3) is 0 Å². The number of nitrogens with one attached hydrogen (secondary N) is 1. The van der Waals surface area contributed by atoms with Gasteiger partial charge in [-0.25, -0.2) is 4.39 Å². The molecule has 1 aromatic carbocycles. The fourth-order valence-corrected chi connectivity index (χ4v) is 3.21. The van der Waals surface area contributed by atoms with Crippen molar-refractivity contribution in [3.05, 3.63) is 35.6 Å². The van der Waals surface area contributed by atoms with Gasteiger partial charge in [-0.05, 0) is 37.0 Å². The van der Waals surface area contributed by atoms with Crippen molar-refractivity contribution < 1.29 is 13.9 Å². The highest BCUT2D eigenvalue weighted by Crippen LogP contribution is 2.16. The van der Waals surface area contributed by atoms with Gasteiger partial charge in [0.05, 0.1) is 0 Å². The number of hydrogen-bond donors (Lipinski definition) is 1. The van der Waals surface area contributed by atoms with Gasteiger partial charge in [0.1, 0.15) is 5.82 Å². The van der Waals surface area contributed by atoms with Crippen LogP contribution in [0.4, 0.5) is 4.39 Å². The molecule has 120 valence electrons. The summed E-state index contributed by atoms with van der Waals surface area (Å²) in [6.07, 6.45) is 3.41. The smallest absolute Gasteiger partial charge is 0.224 e. The molecule has 1 atom stereocenters. The topological polar surface area (TPSA) is 41.6 Å². The van der Waals surface area contributed by atoms with Gasteiger partial charge in [0.2, 0.25) is 5.91 Å². The molecule has 1 N–H and O–H groups in total. The monoisotopic (exact) mass is 306 g/mol. The van der Waals surface area contributed by atoms with Gasteiger partial charge >= 0.3 is 0 Å². The van der Waals surface area contributed by atoms with Crippen LogP contribution in [0, 0.1) is 5.82 Å². The summed E-state index contributed by atoms with van der Waals surface area (Å²) in [7, 11) is 0. The van der Waals surface area contributed by atoms with Crippen molar-refractivity contribution in [2.24, 2.45) is 0 Å². The number of amides is 1. The maximum Gasteiger partial charge on any atom is 0.224 e. The second-order valence-corrected chi connectivity index (χ2v) is 6.17. The number of rotatable bonds is 5. The van der Waals surface area contributed by atoms with E-state index in [9.17, 15) is 9.18 Å². The van der Waals surface area contributed by atoms with Crippen LogP contribution in [0.1, 0.15) is 24.8 Å². The molecule has 1 amide bonds. The first kappa shape index (κ1) is 15.4. The summed E-state index contributed by atoms with van der Waals surface area (Å²) in [6.45, 7) is 3.10. The molecule has 1 unspecified atom stereocenters. The first-order valence-electron chi connectivity index (χ1n) is 8.07. The van der Waals surface area contributed by atoms with Crippen molar-refractivity contribution in [2.75, 3.05) is 26.3 Å². The van der Waals surface area contributed by atoms with Gasteiger partial charge in [0, 0.05) is 44.8 Å². The highest BCUT2D eigenvalue weighted by molar-refractivity contribution is 5.79. The van der Waals surface area contributed by atoms with E-state index in [1.165, 1.54) is 12.1 Å². The summed E-state index contributed by atoms with van der Waals surface area (Å²) in [5.41, 5.74) is 1.06. The Morgan fingerprint density at radius 2 is 1.91 bits per heavy atom. The number of nitrogens with zero attached hydrogens (tertiary/aromatic N) is 1. The predicted molar refractivity (Wildman–Crippen MR) is 82.1 cm³/mol. The maximum atomic E-state index is 12.9. The number of halogens is 1. The molecule has 2 aliphatic heterocycles. The zero-order valence-corrected chi connectivity index (χ0v) is 12.8. The molecule has 2 fully saturated rings. The van der Waals surface area contributed by atoms with Crippen LogP contribution in [0.3, 0.4) is 0 Å². The van der Waals surface area contributed by atoms with Crippen LogP contribution in [0.5, 0.6) is 0 Å². The van der Waals surface area contributed by atoms with Gasteiger partial charge in [-0.15, -0.1) is 0 Å². The van der Waals surface area contributed by atoms with Gasteiger partial charge in [-0.1, -0.05) is 12.1 Å². The van der Waals surface area contributed by atoms with E-state index in [0.717, 1.165) is 44.6 Å². The maximum absolute atomic E-state index is 12.9. The van der Waals surface area contributed by atoms with Crippen molar-refractivity contribution in [2.45, 2.75) is 37.8 Å². The summed E-state index contributed by atoms with van der Waals surface area (Å²) < 4.78 is 18.2. The first-order chi connectivity index (χ1) is 10.7. The lowest BCUT2D eigenvalue weighted by molar-refractivity contribution is -0.127. The second-order valence-electron chi connectivity index (χ2n) is 6.17. The summed E-state index contributed by atoms with van der Waals surface area (Å²) >= 11 is 0. The van der Waals surface area contributed by atoms with E-state index in [2.05, 4.69) is 5.32 Å². The lowest BCUT2D eigenvalue weighted by Gasteiger charge is -2.26. The standard InChI is InChI=1S/C17H23FN2O2/c18-14-3-1-13(2-4-14)5-8-20-12-16(11-17(20)21)19-15-6-9-22-10-7-15/h1-4,15-16,19H,5-12H2. The molecule has 2 heterocycles. The molecular weight excluding hydrogens is 283 g/mol. The van der Waals surface area contributed by atoms with Crippen LogP contribution in [0.15, 0.2) is 24.3 Å². The normalized spacial score (nSPS) is 23.2. The summed E-state index contributed by atoms with van der Waals surface area (Å²) in [5.74, 6) is -0.00612. The molecule has 0 spiro atoms. The predicted octanol–water partition coefficient (Wildman–Crippen LogP) is 1.74. The Bertz CT molecular complexity index is 500. The van der Waals surface area contributed by atoms with Crippen molar-refractivity contribution in [1.82, 2.24) is 10.2 Å². The van der Waals surface area contributed by atoms with E-state index >= 15 is 0 Å². The number of ether oxygens (including phenoxy) is 1. The zero-order chi connectivity index (χ0) is 15.4. The van der Waals surface area contributed by atoms with E-state index in [-0.39, 0.29) is 17.8 Å². The Morgan fingerprint density at radius 3 is 2.64 bits per heavy atom. The highest BCUT2D eigenvalue weighted by Gasteiger charge is 2.30. The molecule has 22 heavy (non-hydrogen) atoms. The van der Waals surface area contributed by atoms with Crippen LogP contribution >= 0.6 is 0 Å². The largest absolute Gasteiger partial charge is 0.381 e. The van der Waals surface area contributed by atoms with E-state index in [0.29, 0.717) is 19.0 Å². The third kappa shape index (κ3) is 4.05. The number of carbonyl (C=O) groups excluding carboxylic acids is 1. The molecule has 1 aromatic rings. The number of benzene rings is 1.